The van der Waals surface area contributed by atoms with Crippen molar-refractivity contribution in [3.8, 4) is 11.1 Å². The number of likely N-dealkylation sites (tertiary alicyclic amines) is 1. The Morgan fingerprint density at radius 1 is 0.926 bits per heavy atom. The number of piperidine rings is 1. The first-order chi connectivity index (χ1) is 13.2. The molecule has 2 aromatic carbocycles. The van der Waals surface area contributed by atoms with E-state index in [-0.39, 0.29) is 0 Å². The predicted molar refractivity (Wildman–Crippen MR) is 113 cm³/mol. The number of benzene rings is 2. The highest BCUT2D eigenvalue weighted by Crippen LogP contribution is 2.29. The van der Waals surface area contributed by atoms with Crippen LogP contribution in [0.25, 0.3) is 11.1 Å². The number of hydrogen-bond donors (Lipinski definition) is 0. The Morgan fingerprint density at radius 3 is 2.41 bits per heavy atom. The lowest BCUT2D eigenvalue weighted by molar-refractivity contribution is 0.142. The van der Waals surface area contributed by atoms with Crippen molar-refractivity contribution in [2.45, 2.75) is 32.2 Å². The van der Waals surface area contributed by atoms with Crippen LogP contribution in [0.2, 0.25) is 0 Å². The molecule has 0 aromatic heterocycles. The van der Waals surface area contributed by atoms with E-state index in [4.69, 9.17) is 4.74 Å². The topological polar surface area (TPSA) is 15.7 Å². The number of hydrogen-bond acceptors (Lipinski definition) is 3. The fourth-order valence-electron chi connectivity index (χ4n) is 4.76. The van der Waals surface area contributed by atoms with Gasteiger partial charge in [0.05, 0.1) is 6.61 Å². The molecule has 0 radical (unpaired) electrons. The highest BCUT2D eigenvalue weighted by Gasteiger charge is 2.30. The van der Waals surface area contributed by atoms with E-state index in [2.05, 4.69) is 65.3 Å². The summed E-state index contributed by atoms with van der Waals surface area (Å²) in [6, 6.07) is 18.6. The first-order valence-electron chi connectivity index (χ1n) is 10.4. The van der Waals surface area contributed by atoms with Crippen LogP contribution in [-0.4, -0.2) is 50.8 Å². The Kier molecular flexibility index (Phi) is 5.80. The second-order valence-electron chi connectivity index (χ2n) is 8.24. The van der Waals surface area contributed by atoms with Crippen LogP contribution in [0.5, 0.6) is 0 Å². The maximum absolute atomic E-state index is 5.36. The molecule has 0 spiro atoms. The summed E-state index contributed by atoms with van der Waals surface area (Å²) < 4.78 is 5.36. The summed E-state index contributed by atoms with van der Waals surface area (Å²) in [6.07, 6.45) is 3.84. The molecule has 1 unspecified atom stereocenters. The smallest absolute Gasteiger partial charge is 0.0503 e. The molecule has 2 aliphatic heterocycles. The van der Waals surface area contributed by atoms with Crippen molar-refractivity contribution >= 4 is 5.69 Å². The normalized spacial score (nSPS) is 21.7. The second-order valence-corrected chi connectivity index (χ2v) is 8.24. The van der Waals surface area contributed by atoms with Gasteiger partial charge >= 0.3 is 0 Å². The summed E-state index contributed by atoms with van der Waals surface area (Å²) in [4.78, 5) is 5.28. The first kappa shape index (κ1) is 18.5. The summed E-state index contributed by atoms with van der Waals surface area (Å²) in [7, 11) is 1.83. The van der Waals surface area contributed by atoms with Crippen molar-refractivity contribution in [2.75, 3.05) is 44.8 Å². The maximum atomic E-state index is 5.36. The van der Waals surface area contributed by atoms with Crippen LogP contribution in [0.3, 0.4) is 0 Å². The molecule has 0 amide bonds. The molecule has 0 aliphatic carbocycles. The van der Waals surface area contributed by atoms with Gasteiger partial charge in [0.25, 0.3) is 0 Å². The molecule has 4 rings (SSSR count). The number of rotatable bonds is 5. The zero-order valence-electron chi connectivity index (χ0n) is 16.7. The van der Waals surface area contributed by atoms with Crippen LogP contribution in [0.1, 0.15) is 24.8 Å². The average Bonchev–Trinajstić information content (AvgIpc) is 3.17. The van der Waals surface area contributed by atoms with E-state index >= 15 is 0 Å². The van der Waals surface area contributed by atoms with Crippen LogP contribution in [0.4, 0.5) is 5.69 Å². The Balaban J connectivity index is 1.38. The molecule has 2 aliphatic rings. The summed E-state index contributed by atoms with van der Waals surface area (Å²) in [6.45, 7) is 7.87. The van der Waals surface area contributed by atoms with Crippen molar-refractivity contribution in [3.05, 3.63) is 54.1 Å². The van der Waals surface area contributed by atoms with Crippen molar-refractivity contribution in [2.24, 2.45) is 5.92 Å². The molecule has 2 saturated heterocycles. The summed E-state index contributed by atoms with van der Waals surface area (Å²) in [5, 5.41) is 0. The zero-order chi connectivity index (χ0) is 18.6. The van der Waals surface area contributed by atoms with E-state index in [9.17, 15) is 0 Å². The van der Waals surface area contributed by atoms with Crippen LogP contribution in [0.15, 0.2) is 48.5 Å². The number of anilines is 1. The largest absolute Gasteiger partial charge is 0.384 e. The van der Waals surface area contributed by atoms with Crippen LogP contribution in [0, 0.1) is 12.8 Å². The summed E-state index contributed by atoms with van der Waals surface area (Å²) in [5.41, 5.74) is 5.32. The van der Waals surface area contributed by atoms with E-state index in [0.29, 0.717) is 0 Å². The standard InChI is InChI=1S/C24H32N2O/c1-19-5-3-6-21(15-19)22-7-4-8-24(16-22)25-13-10-23(11-14-25)26-12-9-20(17-26)18-27-2/h3-8,15-16,20,23H,9-14,17-18H2,1-2H3. The van der Waals surface area contributed by atoms with E-state index < -0.39 is 0 Å². The van der Waals surface area contributed by atoms with Gasteiger partial charge in [0.15, 0.2) is 0 Å². The average molecular weight is 365 g/mol. The molecule has 0 bridgehead atoms. The molecule has 3 heteroatoms. The molecule has 144 valence electrons. The van der Waals surface area contributed by atoms with Crippen molar-refractivity contribution in [3.63, 3.8) is 0 Å². The van der Waals surface area contributed by atoms with Gasteiger partial charge in [-0.3, -0.25) is 4.90 Å². The Bertz CT molecular complexity index is 752. The minimum absolute atomic E-state index is 0.735. The molecule has 2 heterocycles. The van der Waals surface area contributed by atoms with Crippen LogP contribution >= 0.6 is 0 Å². The lowest BCUT2D eigenvalue weighted by atomic mass is 10.0. The molecular formula is C24H32N2O. The third-order valence-corrected chi connectivity index (χ3v) is 6.26. The monoisotopic (exact) mass is 364 g/mol. The molecule has 2 fully saturated rings. The van der Waals surface area contributed by atoms with E-state index in [1.807, 2.05) is 7.11 Å². The van der Waals surface area contributed by atoms with Gasteiger partial charge in [-0.15, -0.1) is 0 Å². The fraction of sp³-hybridized carbons (Fsp3) is 0.500. The molecule has 1 atom stereocenters. The van der Waals surface area contributed by atoms with E-state index in [0.717, 1.165) is 31.7 Å². The number of ether oxygens (including phenoxy) is 1. The Labute approximate surface area is 163 Å². The first-order valence-corrected chi connectivity index (χ1v) is 10.4. The molecule has 0 N–H and O–H groups in total. The molecule has 27 heavy (non-hydrogen) atoms. The molecule has 0 saturated carbocycles. The highest BCUT2D eigenvalue weighted by atomic mass is 16.5. The lowest BCUT2D eigenvalue weighted by Gasteiger charge is -2.38. The Hall–Kier alpha value is -1.84. The van der Waals surface area contributed by atoms with Gasteiger partial charge in [-0.1, -0.05) is 42.0 Å². The highest BCUT2D eigenvalue weighted by molar-refractivity contribution is 5.69. The fourth-order valence-corrected chi connectivity index (χ4v) is 4.76. The molecular weight excluding hydrogens is 332 g/mol. The quantitative estimate of drug-likeness (QED) is 0.771. The summed E-state index contributed by atoms with van der Waals surface area (Å²) >= 11 is 0. The third kappa shape index (κ3) is 4.36. The Morgan fingerprint density at radius 2 is 1.67 bits per heavy atom. The van der Waals surface area contributed by atoms with Crippen LogP contribution < -0.4 is 4.90 Å². The SMILES string of the molecule is COCC1CCN(C2CCN(c3cccc(-c4cccc(C)c4)c3)CC2)C1. The minimum Gasteiger partial charge on any atom is -0.384 e. The number of nitrogens with zero attached hydrogens (tertiary/aromatic N) is 2. The van der Waals surface area contributed by atoms with E-state index in [1.165, 1.54) is 54.7 Å². The van der Waals surface area contributed by atoms with Crippen molar-refractivity contribution in [1.82, 2.24) is 4.90 Å². The van der Waals surface area contributed by atoms with Crippen LogP contribution in [-0.2, 0) is 4.74 Å². The van der Waals surface area contributed by atoms with Gasteiger partial charge in [-0.25, -0.2) is 0 Å². The van der Waals surface area contributed by atoms with Crippen molar-refractivity contribution < 1.29 is 4.74 Å². The predicted octanol–water partition coefficient (Wildman–Crippen LogP) is 4.60. The van der Waals surface area contributed by atoms with Gasteiger partial charge in [0.2, 0.25) is 0 Å². The maximum Gasteiger partial charge on any atom is 0.0503 e. The molecule has 3 nitrogen and oxygen atoms in total. The van der Waals surface area contributed by atoms with E-state index in [1.54, 1.807) is 0 Å². The van der Waals surface area contributed by atoms with Crippen molar-refractivity contribution in [1.29, 1.82) is 0 Å². The number of aryl methyl sites for hydroxylation is 1. The molecule has 2 aromatic rings. The number of methoxy groups -OCH3 is 1. The minimum atomic E-state index is 0.735. The van der Waals surface area contributed by atoms with Gasteiger partial charge in [0.1, 0.15) is 0 Å². The lowest BCUT2D eigenvalue weighted by Crippen LogP contribution is -2.44. The third-order valence-electron chi connectivity index (χ3n) is 6.26. The van der Waals surface area contributed by atoms with Gasteiger partial charge in [-0.05, 0) is 61.9 Å². The van der Waals surface area contributed by atoms with Gasteiger partial charge < -0.3 is 9.64 Å². The zero-order valence-corrected chi connectivity index (χ0v) is 16.7. The summed E-state index contributed by atoms with van der Waals surface area (Å²) in [5.74, 6) is 0.735. The van der Waals surface area contributed by atoms with Gasteiger partial charge in [0, 0.05) is 38.5 Å². The second kappa shape index (κ2) is 8.45. The van der Waals surface area contributed by atoms with Gasteiger partial charge in [-0.2, -0.15) is 0 Å².